The van der Waals surface area contributed by atoms with E-state index in [-0.39, 0.29) is 17.3 Å². The minimum Gasteiger partial charge on any atom is -0.493 e. The number of carbonyl (C=O) groups is 1. The second-order valence-electron chi connectivity index (χ2n) is 7.45. The third-order valence-electron chi connectivity index (χ3n) is 5.39. The van der Waals surface area contributed by atoms with Crippen molar-refractivity contribution in [2.24, 2.45) is 0 Å². The number of methoxy groups -OCH3 is 2. The molecule has 0 radical (unpaired) electrons. The molecule has 1 aliphatic rings. The first-order valence-corrected chi connectivity index (χ1v) is 11.5. The van der Waals surface area contributed by atoms with Crippen LogP contribution in [0.4, 0.5) is 4.39 Å². The third kappa shape index (κ3) is 4.99. The van der Waals surface area contributed by atoms with Gasteiger partial charge in [-0.1, -0.05) is 12.1 Å². The zero-order valence-electron chi connectivity index (χ0n) is 17.9. The number of hydrogen-bond donors (Lipinski definition) is 1. The molecule has 7 nitrogen and oxygen atoms in total. The Balaban J connectivity index is 2.06. The van der Waals surface area contributed by atoms with E-state index in [2.05, 4.69) is 5.32 Å². The van der Waals surface area contributed by atoms with Gasteiger partial charge in [0.2, 0.25) is 15.9 Å². The number of hydrogen-bond acceptors (Lipinski definition) is 5. The molecule has 1 saturated heterocycles. The summed E-state index contributed by atoms with van der Waals surface area (Å²) in [5.74, 6) is -0.0101. The first kappa shape index (κ1) is 23.0. The van der Waals surface area contributed by atoms with Gasteiger partial charge in [-0.3, -0.25) is 4.79 Å². The van der Waals surface area contributed by atoms with Crippen LogP contribution in [0.15, 0.2) is 41.3 Å². The molecular formula is C22H27FN2O5S. The molecule has 0 aliphatic carbocycles. The maximum Gasteiger partial charge on any atom is 0.244 e. The number of aryl methyl sites for hydroxylation is 1. The quantitative estimate of drug-likeness (QED) is 0.701. The molecule has 1 fully saturated rings. The Bertz CT molecular complexity index is 1060. The second kappa shape index (κ2) is 9.65. The fourth-order valence-electron chi connectivity index (χ4n) is 3.59. The Morgan fingerprint density at radius 3 is 2.52 bits per heavy atom. The normalized spacial score (nSPS) is 17.2. The molecule has 1 unspecified atom stereocenters. The van der Waals surface area contributed by atoms with Gasteiger partial charge in [-0.05, 0) is 61.6 Å². The summed E-state index contributed by atoms with van der Waals surface area (Å²) in [6.07, 6.45) is 1.85. The second-order valence-corrected chi connectivity index (χ2v) is 9.34. The maximum atomic E-state index is 14.2. The van der Waals surface area contributed by atoms with Crippen LogP contribution in [0.1, 0.15) is 30.4 Å². The summed E-state index contributed by atoms with van der Waals surface area (Å²) in [6.45, 7) is 1.99. The summed E-state index contributed by atoms with van der Waals surface area (Å²) in [5.41, 5.74) is 0.962. The topological polar surface area (TPSA) is 84.9 Å². The van der Waals surface area contributed by atoms with Crippen molar-refractivity contribution in [2.45, 2.75) is 43.7 Å². The van der Waals surface area contributed by atoms with E-state index >= 15 is 0 Å². The van der Waals surface area contributed by atoms with E-state index in [1.54, 1.807) is 25.1 Å². The Morgan fingerprint density at radius 1 is 1.10 bits per heavy atom. The fraction of sp³-hybridized carbons (Fsp3) is 0.409. The van der Waals surface area contributed by atoms with Gasteiger partial charge in [0.1, 0.15) is 11.9 Å². The van der Waals surface area contributed by atoms with Crippen LogP contribution in [0.5, 0.6) is 11.5 Å². The Labute approximate surface area is 182 Å². The van der Waals surface area contributed by atoms with Crippen LogP contribution in [0.3, 0.4) is 0 Å². The van der Waals surface area contributed by atoms with E-state index < -0.39 is 21.9 Å². The molecule has 1 atom stereocenters. The van der Waals surface area contributed by atoms with Crippen molar-refractivity contribution < 1.29 is 27.1 Å². The van der Waals surface area contributed by atoms with Gasteiger partial charge in [0.15, 0.2) is 11.5 Å². The highest BCUT2D eigenvalue weighted by Crippen LogP contribution is 2.31. The Kier molecular flexibility index (Phi) is 7.17. The molecule has 168 valence electrons. The number of rotatable bonds is 7. The van der Waals surface area contributed by atoms with Crippen LogP contribution in [0.2, 0.25) is 0 Å². The van der Waals surface area contributed by atoms with Crippen molar-refractivity contribution in [1.29, 1.82) is 0 Å². The predicted octanol–water partition coefficient (Wildman–Crippen LogP) is 3.01. The standard InChI is InChI=1S/C22H27FN2O5S/c1-15-7-9-17(13-18(15)23)31(27,28)25(19-6-4-5-11-24-22(19)26)14-16-8-10-20(29-2)21(12-16)30-3/h7-10,12-13,19H,4-6,11,14H2,1-3H3,(H,24,26). The minimum absolute atomic E-state index is 0.0731. The first-order chi connectivity index (χ1) is 14.8. The van der Waals surface area contributed by atoms with Crippen LogP contribution in [0.25, 0.3) is 0 Å². The van der Waals surface area contributed by atoms with Crippen molar-refractivity contribution in [3.8, 4) is 11.5 Å². The highest BCUT2D eigenvalue weighted by atomic mass is 32.2. The van der Waals surface area contributed by atoms with E-state index in [0.717, 1.165) is 16.8 Å². The zero-order valence-corrected chi connectivity index (χ0v) is 18.7. The lowest BCUT2D eigenvalue weighted by Gasteiger charge is -2.29. The molecule has 1 N–H and O–H groups in total. The van der Waals surface area contributed by atoms with E-state index in [9.17, 15) is 17.6 Å². The Morgan fingerprint density at radius 2 is 1.84 bits per heavy atom. The van der Waals surface area contributed by atoms with Gasteiger partial charge in [0, 0.05) is 13.1 Å². The Hall–Kier alpha value is -2.65. The molecule has 0 aromatic heterocycles. The predicted molar refractivity (Wildman–Crippen MR) is 114 cm³/mol. The first-order valence-electron chi connectivity index (χ1n) is 10.0. The van der Waals surface area contributed by atoms with Gasteiger partial charge < -0.3 is 14.8 Å². The summed E-state index contributed by atoms with van der Waals surface area (Å²) in [5, 5.41) is 2.78. The summed E-state index contributed by atoms with van der Waals surface area (Å²) in [6, 6.07) is 7.96. The van der Waals surface area contributed by atoms with E-state index in [0.29, 0.717) is 42.0 Å². The molecule has 1 amide bonds. The van der Waals surface area contributed by atoms with Gasteiger partial charge in [0.25, 0.3) is 0 Å². The van der Waals surface area contributed by atoms with Crippen LogP contribution in [-0.2, 0) is 21.4 Å². The van der Waals surface area contributed by atoms with E-state index in [1.165, 1.54) is 26.4 Å². The number of nitrogens with one attached hydrogen (secondary N) is 1. The van der Waals surface area contributed by atoms with E-state index in [4.69, 9.17) is 9.47 Å². The number of ether oxygens (including phenoxy) is 2. The summed E-state index contributed by atoms with van der Waals surface area (Å²) in [4.78, 5) is 12.5. The molecule has 31 heavy (non-hydrogen) atoms. The van der Waals surface area contributed by atoms with Crippen molar-refractivity contribution in [2.75, 3.05) is 20.8 Å². The number of carbonyl (C=O) groups excluding carboxylic acids is 1. The molecule has 0 saturated carbocycles. The summed E-state index contributed by atoms with van der Waals surface area (Å²) < 4.78 is 53.0. The lowest BCUT2D eigenvalue weighted by Crippen LogP contribution is -2.48. The largest absolute Gasteiger partial charge is 0.493 e. The number of amides is 1. The van der Waals surface area contributed by atoms with E-state index in [1.807, 2.05) is 0 Å². The van der Waals surface area contributed by atoms with Crippen LogP contribution in [-0.4, -0.2) is 45.4 Å². The van der Waals surface area contributed by atoms with Crippen LogP contribution < -0.4 is 14.8 Å². The van der Waals surface area contributed by atoms with Crippen LogP contribution >= 0.6 is 0 Å². The molecule has 1 heterocycles. The third-order valence-corrected chi connectivity index (χ3v) is 7.24. The number of sulfonamides is 1. The monoisotopic (exact) mass is 450 g/mol. The average molecular weight is 451 g/mol. The molecule has 2 aromatic carbocycles. The molecule has 0 spiro atoms. The van der Waals surface area contributed by atoms with Crippen molar-refractivity contribution >= 4 is 15.9 Å². The summed E-state index contributed by atoms with van der Waals surface area (Å²) >= 11 is 0. The SMILES string of the molecule is COc1ccc(CN(C2CCCCNC2=O)S(=O)(=O)c2ccc(C)c(F)c2)cc1OC. The van der Waals surface area contributed by atoms with Gasteiger partial charge in [-0.25, -0.2) is 12.8 Å². The molecule has 3 rings (SSSR count). The molecular weight excluding hydrogens is 423 g/mol. The maximum absolute atomic E-state index is 14.2. The van der Waals surface area contributed by atoms with Crippen molar-refractivity contribution in [3.63, 3.8) is 0 Å². The minimum atomic E-state index is -4.16. The molecule has 9 heteroatoms. The molecule has 2 aromatic rings. The number of benzene rings is 2. The highest BCUT2D eigenvalue weighted by Gasteiger charge is 2.37. The van der Waals surface area contributed by atoms with Crippen molar-refractivity contribution in [3.05, 3.63) is 53.3 Å². The lowest BCUT2D eigenvalue weighted by molar-refractivity contribution is -0.124. The highest BCUT2D eigenvalue weighted by molar-refractivity contribution is 7.89. The van der Waals surface area contributed by atoms with Crippen molar-refractivity contribution in [1.82, 2.24) is 9.62 Å². The average Bonchev–Trinajstić information content (AvgIpc) is 2.97. The van der Waals surface area contributed by atoms with Gasteiger partial charge >= 0.3 is 0 Å². The number of nitrogens with zero attached hydrogens (tertiary/aromatic N) is 1. The van der Waals surface area contributed by atoms with Gasteiger partial charge in [-0.15, -0.1) is 0 Å². The fourth-order valence-corrected chi connectivity index (χ4v) is 5.21. The van der Waals surface area contributed by atoms with Gasteiger partial charge in [-0.2, -0.15) is 4.31 Å². The van der Waals surface area contributed by atoms with Gasteiger partial charge in [0.05, 0.1) is 19.1 Å². The molecule has 1 aliphatic heterocycles. The summed E-state index contributed by atoms with van der Waals surface area (Å²) in [7, 11) is -1.16. The molecule has 0 bridgehead atoms. The van der Waals surface area contributed by atoms with Crippen LogP contribution in [0, 0.1) is 12.7 Å². The lowest BCUT2D eigenvalue weighted by atomic mass is 10.1. The number of halogens is 1. The zero-order chi connectivity index (χ0) is 22.6. The smallest absolute Gasteiger partial charge is 0.244 e.